The molecule has 0 saturated carbocycles. The lowest BCUT2D eigenvalue weighted by Crippen LogP contribution is -2.30. The first-order valence-corrected chi connectivity index (χ1v) is 35.0. The van der Waals surface area contributed by atoms with Crippen molar-refractivity contribution in [3.63, 3.8) is 0 Å². The van der Waals surface area contributed by atoms with E-state index in [0.29, 0.717) is 19.3 Å². The summed E-state index contributed by atoms with van der Waals surface area (Å²) < 4.78 is 16.9. The fraction of sp³-hybridized carbons (Fsp3) is 0.701. The van der Waals surface area contributed by atoms with Crippen LogP contribution in [0.15, 0.2) is 122 Å². The molecule has 474 valence electrons. The molecular formula is C77H130O6. The van der Waals surface area contributed by atoms with Crippen molar-refractivity contribution < 1.29 is 28.6 Å². The van der Waals surface area contributed by atoms with E-state index in [1.54, 1.807) is 0 Å². The first-order chi connectivity index (χ1) is 41.0. The maximum Gasteiger partial charge on any atom is 0.306 e. The van der Waals surface area contributed by atoms with Crippen LogP contribution in [0.1, 0.15) is 329 Å². The predicted molar refractivity (Wildman–Crippen MR) is 362 cm³/mol. The van der Waals surface area contributed by atoms with Gasteiger partial charge in [-0.25, -0.2) is 0 Å². The highest BCUT2D eigenvalue weighted by atomic mass is 16.6. The van der Waals surface area contributed by atoms with E-state index < -0.39 is 6.10 Å². The maximum absolute atomic E-state index is 12.9. The van der Waals surface area contributed by atoms with E-state index in [1.165, 1.54) is 167 Å². The Balaban J connectivity index is 4.17. The highest BCUT2D eigenvalue weighted by Crippen LogP contribution is 2.17. The van der Waals surface area contributed by atoms with Gasteiger partial charge in [0.2, 0.25) is 0 Å². The standard InChI is InChI=1S/C77H130O6/c1-4-7-10-13-16-19-21-23-25-27-29-31-33-35-36-37-38-39-40-42-43-45-47-49-51-53-55-58-61-64-67-70-76(79)82-73-74(72-81-75(78)69-66-63-60-57-18-15-12-9-6-3)83-77(80)71-68-65-62-59-56-54-52-50-48-46-44-41-34-32-30-28-26-24-22-20-17-14-11-8-5-2/h7-8,10-11,16-17,19-20,23-26,29-32,35-36,38-39,74H,4-6,9,12-15,18,21-22,27-28,33-34,37,40-73H2,1-3H3/b10-7-,11-8-,19-16-,20-17-,25-23-,26-24-,31-29-,32-30-,36-35-,39-38-. The van der Waals surface area contributed by atoms with E-state index in [0.717, 1.165) is 122 Å². The van der Waals surface area contributed by atoms with Crippen LogP contribution in [0.2, 0.25) is 0 Å². The molecule has 0 aromatic heterocycles. The summed E-state index contributed by atoms with van der Waals surface area (Å²) in [6, 6.07) is 0. The van der Waals surface area contributed by atoms with Crippen molar-refractivity contribution in [1.82, 2.24) is 0 Å². The van der Waals surface area contributed by atoms with Gasteiger partial charge in [-0.2, -0.15) is 0 Å². The van der Waals surface area contributed by atoms with E-state index in [2.05, 4.69) is 142 Å². The number of ether oxygens (including phenoxy) is 3. The third-order valence-corrected chi connectivity index (χ3v) is 15.0. The Kier molecular flexibility index (Phi) is 66.7. The summed E-state index contributed by atoms with van der Waals surface area (Å²) in [5.74, 6) is -0.873. The van der Waals surface area contributed by atoms with E-state index in [-0.39, 0.29) is 31.1 Å². The van der Waals surface area contributed by atoms with Gasteiger partial charge in [-0.3, -0.25) is 14.4 Å². The van der Waals surface area contributed by atoms with Crippen LogP contribution in [0, 0.1) is 0 Å². The molecule has 0 heterocycles. The third kappa shape index (κ3) is 68.5. The van der Waals surface area contributed by atoms with Crippen molar-refractivity contribution in [3.8, 4) is 0 Å². The van der Waals surface area contributed by atoms with Crippen LogP contribution in [-0.4, -0.2) is 37.2 Å². The van der Waals surface area contributed by atoms with E-state index in [4.69, 9.17) is 14.2 Å². The fourth-order valence-electron chi connectivity index (χ4n) is 9.79. The topological polar surface area (TPSA) is 78.9 Å². The lowest BCUT2D eigenvalue weighted by molar-refractivity contribution is -0.167. The number of unbranched alkanes of at least 4 members (excludes halogenated alkanes) is 32. The molecule has 0 spiro atoms. The second-order valence-electron chi connectivity index (χ2n) is 23.0. The van der Waals surface area contributed by atoms with E-state index >= 15 is 0 Å². The molecular weight excluding hydrogens is 1020 g/mol. The third-order valence-electron chi connectivity index (χ3n) is 15.0. The molecule has 0 rings (SSSR count). The Hall–Kier alpha value is -4.19. The first-order valence-electron chi connectivity index (χ1n) is 35.0. The van der Waals surface area contributed by atoms with Crippen molar-refractivity contribution in [3.05, 3.63) is 122 Å². The molecule has 1 atom stereocenters. The van der Waals surface area contributed by atoms with Crippen molar-refractivity contribution in [2.45, 2.75) is 335 Å². The summed E-state index contributed by atoms with van der Waals surface area (Å²) in [6.07, 6.45) is 98.0. The molecule has 6 nitrogen and oxygen atoms in total. The van der Waals surface area contributed by atoms with Gasteiger partial charge in [-0.15, -0.1) is 0 Å². The van der Waals surface area contributed by atoms with Crippen molar-refractivity contribution in [2.24, 2.45) is 0 Å². The summed E-state index contributed by atoms with van der Waals surface area (Å²) in [6.45, 7) is 6.42. The highest BCUT2D eigenvalue weighted by Gasteiger charge is 2.19. The SMILES string of the molecule is CC/C=C\C/C=C\C/C=C\C/C=C\C/C=C\C/C=C\CCCCCCCCCCCCCCC(=O)OCC(COC(=O)CCCCCCCCCCC)OC(=O)CCCCCCCCCCCCCC/C=C\C/C=C\C/C=C\C/C=C\CC. The molecule has 1 unspecified atom stereocenters. The number of allylic oxidation sites excluding steroid dienone is 20. The van der Waals surface area contributed by atoms with Crippen molar-refractivity contribution in [1.29, 1.82) is 0 Å². The quantitative estimate of drug-likeness (QED) is 0.0261. The fourth-order valence-corrected chi connectivity index (χ4v) is 9.79. The molecule has 0 bridgehead atoms. The molecule has 0 saturated heterocycles. The second-order valence-corrected chi connectivity index (χ2v) is 23.0. The van der Waals surface area contributed by atoms with Crippen LogP contribution < -0.4 is 0 Å². The van der Waals surface area contributed by atoms with Crippen LogP contribution in [0.4, 0.5) is 0 Å². The zero-order valence-electron chi connectivity index (χ0n) is 54.4. The van der Waals surface area contributed by atoms with E-state index in [9.17, 15) is 14.4 Å². The molecule has 0 aliphatic carbocycles. The number of esters is 3. The average Bonchev–Trinajstić information content (AvgIpc) is 3.49. The zero-order chi connectivity index (χ0) is 59.9. The molecule has 83 heavy (non-hydrogen) atoms. The smallest absolute Gasteiger partial charge is 0.306 e. The maximum atomic E-state index is 12.9. The number of hydrogen-bond donors (Lipinski definition) is 0. The first kappa shape index (κ1) is 78.8. The Bertz CT molecular complexity index is 1700. The molecule has 0 aliphatic heterocycles. The van der Waals surface area contributed by atoms with Gasteiger partial charge in [-0.05, 0) is 109 Å². The van der Waals surface area contributed by atoms with Crippen LogP contribution in [-0.2, 0) is 28.6 Å². The normalized spacial score (nSPS) is 12.9. The zero-order valence-corrected chi connectivity index (χ0v) is 54.4. The van der Waals surface area contributed by atoms with Crippen LogP contribution in [0.3, 0.4) is 0 Å². The molecule has 6 heteroatoms. The minimum absolute atomic E-state index is 0.0770. The lowest BCUT2D eigenvalue weighted by Gasteiger charge is -2.18. The van der Waals surface area contributed by atoms with Crippen molar-refractivity contribution >= 4 is 17.9 Å². The molecule has 0 N–H and O–H groups in total. The molecule has 0 aliphatic rings. The van der Waals surface area contributed by atoms with Gasteiger partial charge in [0.05, 0.1) is 0 Å². The summed E-state index contributed by atoms with van der Waals surface area (Å²) in [5, 5.41) is 0. The minimum atomic E-state index is -0.780. The molecule has 0 amide bonds. The Morgan fingerprint density at radius 1 is 0.253 bits per heavy atom. The monoisotopic (exact) mass is 1150 g/mol. The molecule has 0 aromatic rings. The highest BCUT2D eigenvalue weighted by molar-refractivity contribution is 5.71. The Labute approximate surface area is 513 Å². The van der Waals surface area contributed by atoms with Gasteiger partial charge in [0.15, 0.2) is 6.10 Å². The lowest BCUT2D eigenvalue weighted by atomic mass is 10.0. The Morgan fingerprint density at radius 2 is 0.470 bits per heavy atom. The summed E-state index contributed by atoms with van der Waals surface area (Å²) >= 11 is 0. The second kappa shape index (κ2) is 70.3. The van der Waals surface area contributed by atoms with Crippen LogP contribution in [0.25, 0.3) is 0 Å². The van der Waals surface area contributed by atoms with Gasteiger partial charge in [0, 0.05) is 19.3 Å². The Morgan fingerprint density at radius 3 is 0.735 bits per heavy atom. The largest absolute Gasteiger partial charge is 0.462 e. The van der Waals surface area contributed by atoms with E-state index in [1.807, 2.05) is 0 Å². The van der Waals surface area contributed by atoms with Crippen LogP contribution >= 0.6 is 0 Å². The van der Waals surface area contributed by atoms with Gasteiger partial charge < -0.3 is 14.2 Å². The summed E-state index contributed by atoms with van der Waals surface area (Å²) in [5.41, 5.74) is 0. The number of carbonyl (C=O) groups is 3. The van der Waals surface area contributed by atoms with Gasteiger partial charge in [0.1, 0.15) is 13.2 Å². The van der Waals surface area contributed by atoms with Crippen LogP contribution in [0.5, 0.6) is 0 Å². The number of carbonyl (C=O) groups excluding carboxylic acids is 3. The minimum Gasteiger partial charge on any atom is -0.462 e. The predicted octanol–water partition coefficient (Wildman–Crippen LogP) is 24.3. The van der Waals surface area contributed by atoms with Gasteiger partial charge >= 0.3 is 17.9 Å². The van der Waals surface area contributed by atoms with Gasteiger partial charge in [0.25, 0.3) is 0 Å². The number of hydrogen-bond acceptors (Lipinski definition) is 6. The molecule has 0 radical (unpaired) electrons. The molecule has 0 fully saturated rings. The summed E-state index contributed by atoms with van der Waals surface area (Å²) in [7, 11) is 0. The number of rotatable bonds is 63. The summed E-state index contributed by atoms with van der Waals surface area (Å²) in [4.78, 5) is 38.3. The van der Waals surface area contributed by atoms with Crippen molar-refractivity contribution in [2.75, 3.05) is 13.2 Å². The average molecular weight is 1150 g/mol. The van der Waals surface area contributed by atoms with Gasteiger partial charge in [-0.1, -0.05) is 322 Å². The molecule has 0 aromatic carbocycles.